The van der Waals surface area contributed by atoms with Crippen molar-refractivity contribution in [3.63, 3.8) is 0 Å². The van der Waals surface area contributed by atoms with Gasteiger partial charge in [0.05, 0.1) is 0 Å². The van der Waals surface area contributed by atoms with Crippen LogP contribution in [-0.4, -0.2) is 25.5 Å². The Kier molecular flexibility index (Phi) is 6.77. The summed E-state index contributed by atoms with van der Waals surface area (Å²) in [7, 11) is -3.55. The first-order valence-corrected chi connectivity index (χ1v) is 7.12. The summed E-state index contributed by atoms with van der Waals surface area (Å²) >= 11 is 0. The summed E-state index contributed by atoms with van der Waals surface area (Å²) in [4.78, 5) is 3.97. The molecular weight excluding hydrogens is 274 g/mol. The van der Waals surface area contributed by atoms with Gasteiger partial charge in [-0.2, -0.15) is 0 Å². The summed E-state index contributed by atoms with van der Waals surface area (Å²) < 4.78 is 26.9. The van der Waals surface area contributed by atoms with Crippen molar-refractivity contribution < 1.29 is 8.42 Å². The largest absolute Gasteiger partial charge is 0.329 e. The second-order valence-corrected chi connectivity index (χ2v) is 5.67. The van der Waals surface area contributed by atoms with E-state index in [2.05, 4.69) is 9.71 Å². The lowest BCUT2D eigenvalue weighted by molar-refractivity contribution is 0.363. The molecule has 3 N–H and O–H groups in total. The number of hydrogen-bond acceptors (Lipinski definition) is 4. The SMILES string of the molecule is CCC(CC)(CN)NS(=O)(=O)c1cccnc1.Cl. The number of rotatable bonds is 6. The molecule has 18 heavy (non-hydrogen) atoms. The van der Waals surface area contributed by atoms with E-state index in [9.17, 15) is 8.42 Å². The maximum Gasteiger partial charge on any atom is 0.242 e. The smallest absolute Gasteiger partial charge is 0.242 e. The van der Waals surface area contributed by atoms with Gasteiger partial charge in [-0.1, -0.05) is 13.8 Å². The monoisotopic (exact) mass is 293 g/mol. The molecular formula is C11H20ClN3O2S. The van der Waals surface area contributed by atoms with Crippen molar-refractivity contribution in [3.05, 3.63) is 24.5 Å². The summed E-state index contributed by atoms with van der Waals surface area (Å²) in [5, 5.41) is 0. The first kappa shape index (κ1) is 17.3. The second kappa shape index (κ2) is 7.04. The van der Waals surface area contributed by atoms with Crippen molar-refractivity contribution in [2.75, 3.05) is 6.54 Å². The molecule has 0 radical (unpaired) electrons. The quantitative estimate of drug-likeness (QED) is 0.828. The second-order valence-electron chi connectivity index (χ2n) is 3.99. The van der Waals surface area contributed by atoms with Gasteiger partial charge in [0, 0.05) is 24.5 Å². The molecule has 0 saturated heterocycles. The molecule has 0 amide bonds. The third-order valence-corrected chi connectivity index (χ3v) is 4.60. The molecule has 0 atom stereocenters. The fourth-order valence-electron chi connectivity index (χ4n) is 1.57. The normalized spacial score (nSPS) is 11.9. The van der Waals surface area contributed by atoms with Gasteiger partial charge in [0.25, 0.3) is 0 Å². The summed E-state index contributed by atoms with van der Waals surface area (Å²) in [6, 6.07) is 3.11. The molecule has 0 bridgehead atoms. The topological polar surface area (TPSA) is 85.1 Å². The number of pyridine rings is 1. The lowest BCUT2D eigenvalue weighted by atomic mass is 9.95. The van der Waals surface area contributed by atoms with E-state index in [-0.39, 0.29) is 23.8 Å². The third kappa shape index (κ3) is 3.91. The molecule has 1 aromatic rings. The molecule has 0 saturated carbocycles. The Balaban J connectivity index is 0.00000289. The van der Waals surface area contributed by atoms with E-state index in [1.54, 1.807) is 6.07 Å². The predicted molar refractivity (Wildman–Crippen MR) is 74.2 cm³/mol. The van der Waals surface area contributed by atoms with Crippen molar-refractivity contribution in [1.29, 1.82) is 0 Å². The Bertz CT molecular complexity index is 438. The van der Waals surface area contributed by atoms with E-state index in [1.807, 2.05) is 13.8 Å². The molecule has 0 aliphatic heterocycles. The zero-order valence-corrected chi connectivity index (χ0v) is 12.2. The Morgan fingerprint density at radius 2 is 2.00 bits per heavy atom. The van der Waals surface area contributed by atoms with Gasteiger partial charge >= 0.3 is 0 Å². The van der Waals surface area contributed by atoms with E-state index in [0.717, 1.165) is 0 Å². The minimum absolute atomic E-state index is 0. The Labute approximate surface area is 115 Å². The zero-order chi connectivity index (χ0) is 12.9. The molecule has 0 unspecified atom stereocenters. The van der Waals surface area contributed by atoms with Crippen molar-refractivity contribution in [3.8, 4) is 0 Å². The van der Waals surface area contributed by atoms with Crippen LogP contribution in [0.2, 0.25) is 0 Å². The highest BCUT2D eigenvalue weighted by Gasteiger charge is 2.30. The van der Waals surface area contributed by atoms with Crippen LogP contribution in [0, 0.1) is 0 Å². The minimum atomic E-state index is -3.55. The van der Waals surface area contributed by atoms with Gasteiger partial charge in [-0.3, -0.25) is 4.98 Å². The van der Waals surface area contributed by atoms with Crippen LogP contribution < -0.4 is 10.5 Å². The van der Waals surface area contributed by atoms with Gasteiger partial charge in [0.2, 0.25) is 10.0 Å². The Morgan fingerprint density at radius 3 is 2.39 bits per heavy atom. The average molecular weight is 294 g/mol. The third-order valence-electron chi connectivity index (χ3n) is 3.04. The first-order valence-electron chi connectivity index (χ1n) is 5.64. The molecule has 7 heteroatoms. The Morgan fingerprint density at radius 1 is 1.39 bits per heavy atom. The van der Waals surface area contributed by atoms with Gasteiger partial charge in [-0.15, -0.1) is 12.4 Å². The number of aromatic nitrogens is 1. The van der Waals surface area contributed by atoms with E-state index >= 15 is 0 Å². The summed E-state index contributed by atoms with van der Waals surface area (Å²) in [5.41, 5.74) is 5.10. The summed E-state index contributed by atoms with van der Waals surface area (Å²) in [5.74, 6) is 0. The number of nitrogens with zero attached hydrogens (tertiary/aromatic N) is 1. The van der Waals surface area contributed by atoms with Gasteiger partial charge in [-0.05, 0) is 25.0 Å². The van der Waals surface area contributed by atoms with Crippen LogP contribution in [0.1, 0.15) is 26.7 Å². The molecule has 0 spiro atoms. The molecule has 0 aliphatic rings. The molecule has 0 aromatic carbocycles. The maximum absolute atomic E-state index is 12.1. The Hall–Kier alpha value is -0.690. The summed E-state index contributed by atoms with van der Waals surface area (Å²) in [6.45, 7) is 4.11. The maximum atomic E-state index is 12.1. The number of hydrogen-bond donors (Lipinski definition) is 2. The van der Waals surface area contributed by atoms with Crippen LogP contribution in [0.25, 0.3) is 0 Å². The highest BCUT2D eigenvalue weighted by molar-refractivity contribution is 7.89. The molecule has 0 fully saturated rings. The number of nitrogens with one attached hydrogen (secondary N) is 1. The van der Waals surface area contributed by atoms with Crippen LogP contribution in [0.3, 0.4) is 0 Å². The number of sulfonamides is 1. The van der Waals surface area contributed by atoms with E-state index < -0.39 is 15.6 Å². The van der Waals surface area contributed by atoms with E-state index in [1.165, 1.54) is 18.5 Å². The van der Waals surface area contributed by atoms with Crippen molar-refractivity contribution in [2.45, 2.75) is 37.1 Å². The molecule has 1 aromatic heterocycles. The van der Waals surface area contributed by atoms with E-state index in [4.69, 9.17) is 5.73 Å². The fourth-order valence-corrected chi connectivity index (χ4v) is 3.09. The molecule has 1 rings (SSSR count). The molecule has 1 heterocycles. The van der Waals surface area contributed by atoms with Crippen LogP contribution >= 0.6 is 12.4 Å². The van der Waals surface area contributed by atoms with Crippen LogP contribution in [-0.2, 0) is 10.0 Å². The standard InChI is InChI=1S/C11H19N3O2S.ClH/c1-3-11(4-2,9-12)14-17(15,16)10-6-5-7-13-8-10;/h5-8,14H,3-4,9,12H2,1-2H3;1H. The van der Waals surface area contributed by atoms with Crippen LogP contribution in [0.15, 0.2) is 29.4 Å². The molecule has 5 nitrogen and oxygen atoms in total. The van der Waals surface area contributed by atoms with Crippen molar-refractivity contribution >= 4 is 22.4 Å². The van der Waals surface area contributed by atoms with Gasteiger partial charge < -0.3 is 5.73 Å². The van der Waals surface area contributed by atoms with Crippen molar-refractivity contribution in [2.24, 2.45) is 5.73 Å². The molecule has 0 aliphatic carbocycles. The zero-order valence-electron chi connectivity index (χ0n) is 10.6. The first-order chi connectivity index (χ1) is 7.99. The van der Waals surface area contributed by atoms with Crippen LogP contribution in [0.5, 0.6) is 0 Å². The lowest BCUT2D eigenvalue weighted by Crippen LogP contribution is -2.52. The molecule has 104 valence electrons. The van der Waals surface area contributed by atoms with E-state index in [0.29, 0.717) is 12.8 Å². The number of nitrogens with two attached hydrogens (primary N) is 1. The highest BCUT2D eigenvalue weighted by atomic mass is 35.5. The van der Waals surface area contributed by atoms with Gasteiger partial charge in [0.1, 0.15) is 4.90 Å². The summed E-state index contributed by atoms with van der Waals surface area (Å²) in [6.07, 6.45) is 4.17. The predicted octanol–water partition coefficient (Wildman–Crippen LogP) is 1.30. The fraction of sp³-hybridized carbons (Fsp3) is 0.545. The number of halogens is 1. The van der Waals surface area contributed by atoms with Gasteiger partial charge in [0.15, 0.2) is 0 Å². The average Bonchev–Trinajstić information content (AvgIpc) is 2.37. The highest BCUT2D eigenvalue weighted by Crippen LogP contribution is 2.17. The minimum Gasteiger partial charge on any atom is -0.329 e. The van der Waals surface area contributed by atoms with Crippen molar-refractivity contribution in [1.82, 2.24) is 9.71 Å². The lowest BCUT2D eigenvalue weighted by Gasteiger charge is -2.30. The van der Waals surface area contributed by atoms with Crippen LogP contribution in [0.4, 0.5) is 0 Å². The van der Waals surface area contributed by atoms with Gasteiger partial charge in [-0.25, -0.2) is 13.1 Å².